The quantitative estimate of drug-likeness (QED) is 0.398. The van der Waals surface area contributed by atoms with Crippen LogP contribution in [0.15, 0.2) is 4.52 Å². The van der Waals surface area contributed by atoms with E-state index >= 15 is 0 Å². The van der Waals surface area contributed by atoms with E-state index in [0.717, 1.165) is 4.79 Å². The van der Waals surface area contributed by atoms with Gasteiger partial charge in [0.25, 0.3) is 5.27 Å². The summed E-state index contributed by atoms with van der Waals surface area (Å²) in [5.74, 6) is 6.10. The van der Waals surface area contributed by atoms with Crippen LogP contribution in [0.5, 0.6) is 0 Å². The molecular weight excluding hydrogens is 120 g/mol. The third-order valence-electron chi connectivity index (χ3n) is 0.987. The highest BCUT2D eigenvalue weighted by atomic mass is 16.5. The lowest BCUT2D eigenvalue weighted by molar-refractivity contribution is -0.711. The molecule has 0 aliphatic heterocycles. The fraction of sp³-hybridized carbons (Fsp3) is 0.750. The molecule has 5 nitrogen and oxygen atoms in total. The fourth-order valence-corrected chi connectivity index (χ4v) is 0.555. The van der Waals surface area contributed by atoms with E-state index in [1.165, 1.54) is 0 Å². The average Bonchev–Trinajstić information content (AvgIpc) is 2.13. The third-order valence-corrected chi connectivity index (χ3v) is 0.987. The molecule has 9 heavy (non-hydrogen) atoms. The van der Waals surface area contributed by atoms with Crippen molar-refractivity contribution in [1.82, 2.24) is 10.5 Å². The average molecular weight is 129 g/mol. The van der Waals surface area contributed by atoms with Crippen LogP contribution in [0.4, 0.5) is 0 Å². The van der Waals surface area contributed by atoms with E-state index in [4.69, 9.17) is 10.4 Å². The molecular formula is C4H9N4O+. The van der Waals surface area contributed by atoms with Crippen LogP contribution in [0.3, 0.4) is 0 Å². The highest BCUT2D eigenvalue weighted by Crippen LogP contribution is 2.04. The predicted octanol–water partition coefficient (Wildman–Crippen LogP) is -0.806. The molecule has 0 fully saturated rings. The summed E-state index contributed by atoms with van der Waals surface area (Å²) in [7, 11) is 0. The maximum Gasteiger partial charge on any atom is 0.366 e. The normalized spacial score (nSPS) is 10.6. The number of hydrogen-bond donors (Lipinski definition) is 1. The summed E-state index contributed by atoms with van der Waals surface area (Å²) in [5, 5.41) is 6.67. The lowest BCUT2D eigenvalue weighted by Crippen LogP contribution is -2.49. The second-order valence-electron chi connectivity index (χ2n) is 2.10. The van der Waals surface area contributed by atoms with Crippen LogP contribution in [0, 0.1) is 0 Å². The minimum Gasteiger partial charge on any atom is -0.245 e. The van der Waals surface area contributed by atoms with Gasteiger partial charge in [-0.25, -0.2) is 5.84 Å². The van der Waals surface area contributed by atoms with Gasteiger partial charge in [-0.1, -0.05) is 13.8 Å². The van der Waals surface area contributed by atoms with E-state index in [0.29, 0.717) is 5.89 Å². The molecule has 50 valence electrons. The summed E-state index contributed by atoms with van der Waals surface area (Å²) in [6, 6.07) is 0. The molecule has 1 heterocycles. The van der Waals surface area contributed by atoms with Crippen LogP contribution < -0.4 is 10.6 Å². The van der Waals surface area contributed by atoms with Crippen molar-refractivity contribution in [2.45, 2.75) is 19.8 Å². The largest absolute Gasteiger partial charge is 0.366 e. The Labute approximate surface area is 52.4 Å². The van der Waals surface area contributed by atoms with Crippen LogP contribution in [0.25, 0.3) is 0 Å². The number of hydrogen-bond acceptors (Lipinski definition) is 4. The van der Waals surface area contributed by atoms with Crippen molar-refractivity contribution in [3.05, 3.63) is 5.89 Å². The molecule has 0 bridgehead atoms. The summed E-state index contributed by atoms with van der Waals surface area (Å²) in [4.78, 5) is 1.13. The molecule has 0 amide bonds. The molecule has 1 aromatic rings. The van der Waals surface area contributed by atoms with Crippen LogP contribution in [0.1, 0.15) is 25.7 Å². The third kappa shape index (κ3) is 0.984. The summed E-state index contributed by atoms with van der Waals surface area (Å²) in [6.07, 6.45) is 0. The monoisotopic (exact) mass is 129 g/mol. The van der Waals surface area contributed by atoms with Crippen LogP contribution >= 0.6 is 0 Å². The van der Waals surface area contributed by atoms with Gasteiger partial charge in [0.15, 0.2) is 0 Å². The Bertz CT molecular complexity index is 194. The minimum atomic E-state index is 0.227. The number of nitrogen functional groups attached to an aromatic ring is 1. The highest BCUT2D eigenvalue weighted by molar-refractivity contribution is 4.71. The van der Waals surface area contributed by atoms with Gasteiger partial charge in [0.2, 0.25) is 5.21 Å². The molecule has 0 aromatic carbocycles. The van der Waals surface area contributed by atoms with Crippen molar-refractivity contribution in [2.75, 3.05) is 5.84 Å². The number of nitrogens with two attached hydrogens (primary N) is 1. The zero-order valence-corrected chi connectivity index (χ0v) is 5.40. The Balaban J connectivity index is 2.94. The van der Waals surface area contributed by atoms with E-state index in [1.54, 1.807) is 0 Å². The number of aromatic nitrogens is 3. The van der Waals surface area contributed by atoms with Crippen molar-refractivity contribution in [3.8, 4) is 0 Å². The number of nitrogens with zero attached hydrogens (tertiary/aromatic N) is 3. The molecule has 0 saturated heterocycles. The van der Waals surface area contributed by atoms with Gasteiger partial charge in [0, 0.05) is 4.79 Å². The lowest BCUT2D eigenvalue weighted by Gasteiger charge is -1.89. The van der Waals surface area contributed by atoms with Crippen LogP contribution in [-0.2, 0) is 0 Å². The van der Waals surface area contributed by atoms with E-state index in [1.807, 2.05) is 13.8 Å². The molecule has 0 unspecified atom stereocenters. The minimum absolute atomic E-state index is 0.227. The molecule has 1 aromatic heterocycles. The van der Waals surface area contributed by atoms with Crippen molar-refractivity contribution in [2.24, 2.45) is 0 Å². The van der Waals surface area contributed by atoms with E-state index in [2.05, 4.69) is 10.5 Å². The molecule has 0 aliphatic carbocycles. The maximum absolute atomic E-state index is 5.29. The van der Waals surface area contributed by atoms with E-state index < -0.39 is 0 Å². The van der Waals surface area contributed by atoms with Gasteiger partial charge in [-0.15, -0.1) is 0 Å². The van der Waals surface area contributed by atoms with E-state index in [9.17, 15) is 0 Å². The van der Waals surface area contributed by atoms with Gasteiger partial charge in [0.1, 0.15) is 0 Å². The summed E-state index contributed by atoms with van der Waals surface area (Å²) >= 11 is 0. The van der Waals surface area contributed by atoms with Gasteiger partial charge >= 0.3 is 5.89 Å². The van der Waals surface area contributed by atoms with Crippen molar-refractivity contribution in [3.63, 3.8) is 0 Å². The summed E-state index contributed by atoms with van der Waals surface area (Å²) < 4.78 is 4.70. The van der Waals surface area contributed by atoms with Gasteiger partial charge in [-0.3, -0.25) is 0 Å². The highest BCUT2D eigenvalue weighted by Gasteiger charge is 2.17. The first-order valence-electron chi connectivity index (χ1n) is 2.71. The molecule has 2 N–H and O–H groups in total. The van der Waals surface area contributed by atoms with Crippen molar-refractivity contribution >= 4 is 0 Å². The summed E-state index contributed by atoms with van der Waals surface area (Å²) in [6.45, 7) is 3.90. The Hall–Kier alpha value is -1.13. The molecule has 0 radical (unpaired) electrons. The fourth-order valence-electron chi connectivity index (χ4n) is 0.555. The topological polar surface area (TPSA) is 68.8 Å². The predicted molar refractivity (Wildman–Crippen MR) is 28.7 cm³/mol. The Kier molecular flexibility index (Phi) is 1.33. The van der Waals surface area contributed by atoms with Gasteiger partial charge in [0.05, 0.1) is 5.92 Å². The van der Waals surface area contributed by atoms with Crippen LogP contribution in [-0.4, -0.2) is 10.5 Å². The van der Waals surface area contributed by atoms with Crippen molar-refractivity contribution < 1.29 is 9.31 Å². The van der Waals surface area contributed by atoms with Crippen LogP contribution in [0.2, 0.25) is 0 Å². The van der Waals surface area contributed by atoms with Gasteiger partial charge in [-0.2, -0.15) is 4.52 Å². The lowest BCUT2D eigenvalue weighted by atomic mass is 10.2. The first kappa shape index (κ1) is 6.00. The Morgan fingerprint density at radius 2 is 2.33 bits per heavy atom. The van der Waals surface area contributed by atoms with Crippen molar-refractivity contribution in [1.29, 1.82) is 0 Å². The van der Waals surface area contributed by atoms with E-state index in [-0.39, 0.29) is 5.92 Å². The molecule has 0 aliphatic rings. The SMILES string of the molecule is CC(C)c1onn[n+]1N. The Morgan fingerprint density at radius 3 is 2.56 bits per heavy atom. The first-order valence-corrected chi connectivity index (χ1v) is 2.71. The second-order valence-corrected chi connectivity index (χ2v) is 2.10. The standard InChI is InChI=1S/C4H9N4O/c1-3(2)4-8(5)6-7-9-4/h3H,5H2,1-2H3/q+1. The molecule has 0 saturated carbocycles. The van der Waals surface area contributed by atoms with Gasteiger partial charge < -0.3 is 0 Å². The molecule has 5 heteroatoms. The molecule has 1 rings (SSSR count). The molecule has 0 spiro atoms. The van der Waals surface area contributed by atoms with Gasteiger partial charge in [-0.05, 0) is 0 Å². The smallest absolute Gasteiger partial charge is 0.245 e. The summed E-state index contributed by atoms with van der Waals surface area (Å²) in [5.41, 5.74) is 0. The zero-order chi connectivity index (χ0) is 6.85. The second kappa shape index (κ2) is 2.00. The molecule has 0 atom stereocenters. The zero-order valence-electron chi connectivity index (χ0n) is 5.40. The maximum atomic E-state index is 5.29. The first-order chi connectivity index (χ1) is 4.22. The Morgan fingerprint density at radius 1 is 1.67 bits per heavy atom. The number of rotatable bonds is 1.